The third-order valence-electron chi connectivity index (χ3n) is 4.16. The minimum atomic E-state index is -0.888. The molecule has 4 heteroatoms. The molecule has 0 unspecified atom stereocenters. The zero-order chi connectivity index (χ0) is 17.4. The highest BCUT2D eigenvalue weighted by Crippen LogP contribution is 2.09. The van der Waals surface area contributed by atoms with Crippen LogP contribution in [0.25, 0.3) is 0 Å². The van der Waals surface area contributed by atoms with Crippen LogP contribution in [0.1, 0.15) is 40.9 Å². The molecule has 0 saturated heterocycles. The van der Waals surface area contributed by atoms with E-state index in [4.69, 9.17) is 5.11 Å². The van der Waals surface area contributed by atoms with E-state index in [9.17, 15) is 4.79 Å². The molecule has 0 amide bonds. The van der Waals surface area contributed by atoms with Gasteiger partial charge in [0.05, 0.1) is 5.56 Å². The van der Waals surface area contributed by atoms with Crippen LogP contribution in [-0.4, -0.2) is 29.1 Å². The predicted octanol–water partition coefficient (Wildman–Crippen LogP) is 3.52. The Bertz CT molecular complexity index is 649. The Hall–Kier alpha value is -2.17. The number of aromatic carboxylic acids is 1. The molecule has 2 N–H and O–H groups in total. The van der Waals surface area contributed by atoms with Crippen molar-refractivity contribution in [2.45, 2.75) is 33.5 Å². The first-order chi connectivity index (χ1) is 11.6. The van der Waals surface area contributed by atoms with Crippen molar-refractivity contribution in [3.63, 3.8) is 0 Å². The van der Waals surface area contributed by atoms with Crippen molar-refractivity contribution < 1.29 is 9.90 Å². The summed E-state index contributed by atoms with van der Waals surface area (Å²) in [5.74, 6) is -0.888. The van der Waals surface area contributed by atoms with E-state index in [-0.39, 0.29) is 0 Å². The monoisotopic (exact) mass is 326 g/mol. The minimum absolute atomic E-state index is 0.329. The van der Waals surface area contributed by atoms with Gasteiger partial charge in [0.25, 0.3) is 0 Å². The zero-order valence-corrected chi connectivity index (χ0v) is 14.5. The van der Waals surface area contributed by atoms with Crippen LogP contribution in [-0.2, 0) is 19.6 Å². The number of hydrogen-bond acceptors (Lipinski definition) is 3. The topological polar surface area (TPSA) is 52.6 Å². The van der Waals surface area contributed by atoms with Crippen molar-refractivity contribution >= 4 is 5.97 Å². The fourth-order valence-electron chi connectivity index (χ4n) is 2.63. The second-order valence-corrected chi connectivity index (χ2v) is 5.89. The molecule has 2 aromatic carbocycles. The van der Waals surface area contributed by atoms with Crippen LogP contribution in [0, 0.1) is 0 Å². The van der Waals surface area contributed by atoms with Gasteiger partial charge in [-0.2, -0.15) is 0 Å². The Morgan fingerprint density at radius 1 is 0.958 bits per heavy atom. The van der Waals surface area contributed by atoms with Crippen molar-refractivity contribution in [1.82, 2.24) is 10.2 Å². The summed E-state index contributed by atoms with van der Waals surface area (Å²) < 4.78 is 0. The minimum Gasteiger partial charge on any atom is -0.478 e. The van der Waals surface area contributed by atoms with E-state index in [2.05, 4.69) is 48.3 Å². The number of hydrogen-bond donors (Lipinski definition) is 2. The Balaban J connectivity index is 1.84. The van der Waals surface area contributed by atoms with Crippen LogP contribution in [0.5, 0.6) is 0 Å². The molecule has 0 saturated carbocycles. The van der Waals surface area contributed by atoms with Gasteiger partial charge in [-0.15, -0.1) is 0 Å². The van der Waals surface area contributed by atoms with Gasteiger partial charge >= 0.3 is 5.97 Å². The highest BCUT2D eigenvalue weighted by Gasteiger charge is 2.03. The van der Waals surface area contributed by atoms with Crippen LogP contribution < -0.4 is 5.32 Å². The lowest BCUT2D eigenvalue weighted by atomic mass is 10.1. The van der Waals surface area contributed by atoms with Crippen LogP contribution in [0.15, 0.2) is 48.5 Å². The van der Waals surface area contributed by atoms with Crippen molar-refractivity contribution in [2.75, 3.05) is 13.1 Å². The van der Waals surface area contributed by atoms with E-state index in [1.54, 1.807) is 18.2 Å². The van der Waals surface area contributed by atoms with Gasteiger partial charge in [-0.05, 0) is 41.9 Å². The van der Waals surface area contributed by atoms with Crippen molar-refractivity contribution in [3.8, 4) is 0 Å². The maximum atomic E-state index is 11.0. The quantitative estimate of drug-likeness (QED) is 0.740. The Labute approximate surface area is 144 Å². The van der Waals surface area contributed by atoms with E-state index in [1.807, 2.05) is 6.07 Å². The highest BCUT2D eigenvalue weighted by atomic mass is 16.4. The molecule has 0 fully saturated rings. The van der Waals surface area contributed by atoms with E-state index >= 15 is 0 Å². The van der Waals surface area contributed by atoms with E-state index in [0.29, 0.717) is 12.1 Å². The van der Waals surface area contributed by atoms with Crippen LogP contribution in [0.4, 0.5) is 0 Å². The lowest BCUT2D eigenvalue weighted by Crippen LogP contribution is -2.22. The average molecular weight is 326 g/mol. The highest BCUT2D eigenvalue weighted by molar-refractivity contribution is 5.87. The summed E-state index contributed by atoms with van der Waals surface area (Å²) in [5.41, 5.74) is 3.87. The summed E-state index contributed by atoms with van der Waals surface area (Å²) in [6.45, 7) is 8.90. The third-order valence-corrected chi connectivity index (χ3v) is 4.16. The van der Waals surface area contributed by atoms with Crippen molar-refractivity contribution in [3.05, 3.63) is 70.8 Å². The van der Waals surface area contributed by atoms with Gasteiger partial charge < -0.3 is 10.4 Å². The van der Waals surface area contributed by atoms with Crippen molar-refractivity contribution in [2.24, 2.45) is 0 Å². The van der Waals surface area contributed by atoms with Crippen LogP contribution in [0.2, 0.25) is 0 Å². The molecule has 0 bridgehead atoms. The normalized spacial score (nSPS) is 11.0. The molecular formula is C20H26N2O2. The number of carbonyl (C=O) groups is 1. The van der Waals surface area contributed by atoms with E-state index in [1.165, 1.54) is 11.1 Å². The molecule has 2 rings (SSSR count). The maximum absolute atomic E-state index is 11.0. The number of carboxylic acid groups (broad SMARTS) is 1. The lowest BCUT2D eigenvalue weighted by Gasteiger charge is -2.18. The van der Waals surface area contributed by atoms with E-state index in [0.717, 1.165) is 31.7 Å². The van der Waals surface area contributed by atoms with Crippen LogP contribution in [0.3, 0.4) is 0 Å². The zero-order valence-electron chi connectivity index (χ0n) is 14.5. The largest absolute Gasteiger partial charge is 0.478 e. The first-order valence-corrected chi connectivity index (χ1v) is 8.45. The van der Waals surface area contributed by atoms with Gasteiger partial charge in [0, 0.05) is 19.6 Å². The summed E-state index contributed by atoms with van der Waals surface area (Å²) in [6, 6.07) is 15.7. The Morgan fingerprint density at radius 3 is 2.21 bits per heavy atom. The molecule has 0 radical (unpaired) electrons. The summed E-state index contributed by atoms with van der Waals surface area (Å²) >= 11 is 0. The molecule has 0 heterocycles. The predicted molar refractivity (Wildman–Crippen MR) is 97.0 cm³/mol. The molecule has 0 aliphatic rings. The summed E-state index contributed by atoms with van der Waals surface area (Å²) in [6.07, 6.45) is 0. The standard InChI is InChI=1S/C20H26N2O2/c1-3-22(4-2)15-17-10-8-16(9-11-17)13-21-14-18-6-5-7-19(12-18)20(23)24/h5-12,21H,3-4,13-15H2,1-2H3,(H,23,24). The van der Waals surface area contributed by atoms with Gasteiger partial charge in [0.1, 0.15) is 0 Å². The number of nitrogens with zero attached hydrogens (tertiary/aromatic N) is 1. The van der Waals surface area contributed by atoms with Gasteiger partial charge in [0.15, 0.2) is 0 Å². The Morgan fingerprint density at radius 2 is 1.58 bits per heavy atom. The fraction of sp³-hybridized carbons (Fsp3) is 0.350. The molecule has 0 aromatic heterocycles. The van der Waals surface area contributed by atoms with Crippen molar-refractivity contribution in [1.29, 1.82) is 0 Å². The summed E-state index contributed by atoms with van der Waals surface area (Å²) in [7, 11) is 0. The molecule has 2 aromatic rings. The number of benzene rings is 2. The van der Waals surface area contributed by atoms with Gasteiger partial charge in [-0.25, -0.2) is 4.79 Å². The maximum Gasteiger partial charge on any atom is 0.335 e. The lowest BCUT2D eigenvalue weighted by molar-refractivity contribution is 0.0696. The molecule has 0 aliphatic heterocycles. The average Bonchev–Trinajstić information content (AvgIpc) is 2.61. The second-order valence-electron chi connectivity index (χ2n) is 5.89. The first-order valence-electron chi connectivity index (χ1n) is 8.45. The van der Waals surface area contributed by atoms with Gasteiger partial charge in [-0.3, -0.25) is 4.90 Å². The Kier molecular flexibility index (Phi) is 6.97. The van der Waals surface area contributed by atoms with Gasteiger partial charge in [0.2, 0.25) is 0 Å². The molecule has 0 aliphatic carbocycles. The smallest absolute Gasteiger partial charge is 0.335 e. The molecule has 128 valence electrons. The second kappa shape index (κ2) is 9.21. The summed E-state index contributed by atoms with van der Waals surface area (Å²) in [5, 5.41) is 12.4. The molecular weight excluding hydrogens is 300 g/mol. The third kappa shape index (κ3) is 5.48. The molecule has 0 atom stereocenters. The molecule has 24 heavy (non-hydrogen) atoms. The molecule has 4 nitrogen and oxygen atoms in total. The number of nitrogens with one attached hydrogen (secondary N) is 1. The number of rotatable bonds is 9. The summed E-state index contributed by atoms with van der Waals surface area (Å²) in [4.78, 5) is 13.4. The first kappa shape index (κ1) is 18.2. The SMILES string of the molecule is CCN(CC)Cc1ccc(CNCc2cccc(C(=O)O)c2)cc1. The number of carboxylic acids is 1. The van der Waals surface area contributed by atoms with E-state index < -0.39 is 5.97 Å². The van der Waals surface area contributed by atoms with Crippen LogP contribution >= 0.6 is 0 Å². The fourth-order valence-corrected chi connectivity index (χ4v) is 2.63. The molecule has 0 spiro atoms. The van der Waals surface area contributed by atoms with Gasteiger partial charge in [-0.1, -0.05) is 50.2 Å².